The average Bonchev–Trinajstić information content (AvgIpc) is 2.50. The molecule has 1 fully saturated rings. The summed E-state index contributed by atoms with van der Waals surface area (Å²) in [6.45, 7) is 0.471. The summed E-state index contributed by atoms with van der Waals surface area (Å²) in [7, 11) is 1.39. The Bertz CT molecular complexity index is 479. The van der Waals surface area contributed by atoms with Crippen LogP contribution in [0.5, 0.6) is 5.75 Å². The molecule has 0 unspecified atom stereocenters. The Kier molecular flexibility index (Phi) is 5.08. The number of hydrogen-bond acceptors (Lipinski definition) is 4. The molecule has 1 saturated heterocycles. The molecule has 1 aromatic carbocycles. The van der Waals surface area contributed by atoms with Gasteiger partial charge in [-0.3, -0.25) is 4.90 Å². The summed E-state index contributed by atoms with van der Waals surface area (Å²) >= 11 is 0. The van der Waals surface area contributed by atoms with E-state index in [4.69, 9.17) is 9.84 Å². The molecule has 0 amide bonds. The van der Waals surface area contributed by atoms with Crippen LogP contribution in [0, 0.1) is 5.82 Å². The smallest absolute Gasteiger partial charge is 0.290 e. The number of aliphatic hydroxyl groups excluding tert-OH is 1. The van der Waals surface area contributed by atoms with Gasteiger partial charge in [-0.15, -0.1) is 0 Å². The largest absolute Gasteiger partial charge is 0.497 e. The highest BCUT2D eigenvalue weighted by Crippen LogP contribution is 2.38. The minimum absolute atomic E-state index is 0.157. The van der Waals surface area contributed by atoms with E-state index >= 15 is 0 Å². The first kappa shape index (κ1) is 16.1. The number of halogens is 3. The highest BCUT2D eigenvalue weighted by molar-refractivity contribution is 5.33. The molecule has 0 aliphatic carbocycles. The van der Waals surface area contributed by atoms with Gasteiger partial charge in [0.15, 0.2) is 0 Å². The van der Waals surface area contributed by atoms with E-state index < -0.39 is 24.4 Å². The molecular weight excluding hydrogens is 285 g/mol. The van der Waals surface area contributed by atoms with Crippen molar-refractivity contribution in [1.82, 2.24) is 10.2 Å². The summed E-state index contributed by atoms with van der Waals surface area (Å²) in [5.74, 6) is -3.86. The van der Waals surface area contributed by atoms with Crippen LogP contribution >= 0.6 is 0 Å². The van der Waals surface area contributed by atoms with Crippen LogP contribution in [0.3, 0.4) is 0 Å². The van der Waals surface area contributed by atoms with Crippen LogP contribution in [0.4, 0.5) is 13.2 Å². The molecule has 1 aliphatic rings. The lowest BCUT2D eigenvalue weighted by atomic mass is 9.97. The van der Waals surface area contributed by atoms with Crippen LogP contribution in [-0.4, -0.2) is 55.8 Å². The number of alkyl halides is 2. The Labute approximate surface area is 121 Å². The predicted octanol–water partition coefficient (Wildman–Crippen LogP) is 1.41. The van der Waals surface area contributed by atoms with Crippen LogP contribution < -0.4 is 10.1 Å². The highest BCUT2D eigenvalue weighted by Gasteiger charge is 2.45. The van der Waals surface area contributed by atoms with Gasteiger partial charge in [0.25, 0.3) is 5.92 Å². The van der Waals surface area contributed by atoms with Crippen LogP contribution in [0.25, 0.3) is 0 Å². The van der Waals surface area contributed by atoms with E-state index in [1.807, 2.05) is 0 Å². The summed E-state index contributed by atoms with van der Waals surface area (Å²) in [6, 6.07) is 2.24. The second-order valence-corrected chi connectivity index (χ2v) is 5.00. The third kappa shape index (κ3) is 3.48. The maximum atomic E-state index is 14.2. The molecule has 0 bridgehead atoms. The van der Waals surface area contributed by atoms with E-state index in [9.17, 15) is 13.2 Å². The van der Waals surface area contributed by atoms with Crippen molar-refractivity contribution in [3.8, 4) is 5.75 Å². The average molecular weight is 304 g/mol. The van der Waals surface area contributed by atoms with Gasteiger partial charge < -0.3 is 15.2 Å². The number of hydrogen-bond donors (Lipinski definition) is 2. The number of nitrogens with one attached hydrogen (secondary N) is 1. The lowest BCUT2D eigenvalue weighted by Crippen LogP contribution is -2.51. The Morgan fingerprint density at radius 2 is 2.05 bits per heavy atom. The van der Waals surface area contributed by atoms with Crippen LogP contribution in [0.2, 0.25) is 0 Å². The Morgan fingerprint density at radius 3 is 2.62 bits per heavy atom. The van der Waals surface area contributed by atoms with E-state index in [-0.39, 0.29) is 5.56 Å². The van der Waals surface area contributed by atoms with Crippen molar-refractivity contribution in [2.45, 2.75) is 12.0 Å². The minimum Gasteiger partial charge on any atom is -0.497 e. The first-order valence-corrected chi connectivity index (χ1v) is 6.76. The van der Waals surface area contributed by atoms with E-state index in [0.717, 1.165) is 6.07 Å². The topological polar surface area (TPSA) is 44.7 Å². The summed E-state index contributed by atoms with van der Waals surface area (Å²) in [4.78, 5) is 1.49. The molecule has 1 aromatic rings. The van der Waals surface area contributed by atoms with Crippen LogP contribution in [0.1, 0.15) is 11.6 Å². The maximum absolute atomic E-state index is 14.2. The number of aliphatic hydroxyl groups is 1. The normalized spacial score (nSPS) is 18.5. The third-order valence-electron chi connectivity index (χ3n) is 3.63. The lowest BCUT2D eigenvalue weighted by Gasteiger charge is -2.38. The molecule has 0 saturated carbocycles. The van der Waals surface area contributed by atoms with Crippen molar-refractivity contribution in [3.05, 3.63) is 29.6 Å². The van der Waals surface area contributed by atoms with Gasteiger partial charge in [0, 0.05) is 31.7 Å². The SMILES string of the molecule is COc1ccc(F)c([C@@H](N2CCNCC2)C(F)(F)CO)c1. The molecule has 0 aromatic heterocycles. The molecule has 4 nitrogen and oxygen atoms in total. The Morgan fingerprint density at radius 1 is 1.38 bits per heavy atom. The molecule has 7 heteroatoms. The maximum Gasteiger partial charge on any atom is 0.290 e. The van der Waals surface area contributed by atoms with Gasteiger partial charge in [0.2, 0.25) is 0 Å². The van der Waals surface area contributed by atoms with Gasteiger partial charge in [-0.2, -0.15) is 0 Å². The summed E-state index contributed by atoms with van der Waals surface area (Å²) in [6.07, 6.45) is 0. The first-order valence-electron chi connectivity index (χ1n) is 6.76. The fourth-order valence-corrected chi connectivity index (χ4v) is 2.58. The quantitative estimate of drug-likeness (QED) is 0.863. The summed E-state index contributed by atoms with van der Waals surface area (Å²) in [5.41, 5.74) is -0.157. The fraction of sp³-hybridized carbons (Fsp3) is 0.571. The second kappa shape index (κ2) is 6.64. The molecule has 2 N–H and O–H groups in total. The summed E-state index contributed by atoms with van der Waals surface area (Å²) < 4.78 is 47.4. The van der Waals surface area contributed by atoms with Gasteiger partial charge in [0.1, 0.15) is 24.2 Å². The van der Waals surface area contributed by atoms with Gasteiger partial charge in [-0.1, -0.05) is 0 Å². The van der Waals surface area contributed by atoms with E-state index in [0.29, 0.717) is 31.9 Å². The zero-order chi connectivity index (χ0) is 15.5. The van der Waals surface area contributed by atoms with E-state index in [1.54, 1.807) is 0 Å². The van der Waals surface area contributed by atoms with Crippen LogP contribution in [0.15, 0.2) is 18.2 Å². The van der Waals surface area contributed by atoms with E-state index in [2.05, 4.69) is 5.32 Å². The van der Waals surface area contributed by atoms with Gasteiger partial charge in [0.05, 0.1) is 7.11 Å². The minimum atomic E-state index is -3.44. The Balaban J connectivity index is 2.43. The number of rotatable bonds is 5. The fourth-order valence-electron chi connectivity index (χ4n) is 2.58. The number of piperazine rings is 1. The van der Waals surface area contributed by atoms with Crippen molar-refractivity contribution >= 4 is 0 Å². The molecule has 1 aliphatic heterocycles. The number of methoxy groups -OCH3 is 1. The first-order chi connectivity index (χ1) is 9.99. The monoisotopic (exact) mass is 304 g/mol. The summed E-state index contributed by atoms with van der Waals surface area (Å²) in [5, 5.41) is 12.1. The third-order valence-corrected chi connectivity index (χ3v) is 3.63. The van der Waals surface area contributed by atoms with Crippen molar-refractivity contribution in [2.75, 3.05) is 39.9 Å². The van der Waals surface area contributed by atoms with Crippen LogP contribution in [-0.2, 0) is 0 Å². The van der Waals surface area contributed by atoms with Crippen molar-refractivity contribution < 1.29 is 23.0 Å². The van der Waals surface area contributed by atoms with Crippen molar-refractivity contribution in [3.63, 3.8) is 0 Å². The molecule has 0 radical (unpaired) electrons. The highest BCUT2D eigenvalue weighted by atomic mass is 19.3. The molecule has 21 heavy (non-hydrogen) atoms. The van der Waals surface area contributed by atoms with E-state index in [1.165, 1.54) is 24.1 Å². The lowest BCUT2D eigenvalue weighted by molar-refractivity contribution is -0.119. The standard InChI is InChI=1S/C14H19F3N2O2/c1-21-10-2-3-12(15)11(8-10)13(14(16,17)9-20)19-6-4-18-5-7-19/h2-3,8,13,18,20H,4-7,9H2,1H3/t13-/m1/s1. The van der Waals surface area contributed by atoms with Gasteiger partial charge >= 0.3 is 0 Å². The number of benzene rings is 1. The number of ether oxygens (including phenoxy) is 1. The zero-order valence-electron chi connectivity index (χ0n) is 11.8. The van der Waals surface area contributed by atoms with Gasteiger partial charge in [-0.25, -0.2) is 13.2 Å². The van der Waals surface area contributed by atoms with Crippen molar-refractivity contribution in [2.24, 2.45) is 0 Å². The number of nitrogens with zero attached hydrogens (tertiary/aromatic N) is 1. The molecule has 1 atom stereocenters. The molecule has 1 heterocycles. The Hall–Kier alpha value is -1.31. The molecule has 118 valence electrons. The molecular formula is C14H19F3N2O2. The van der Waals surface area contributed by atoms with Crippen molar-refractivity contribution in [1.29, 1.82) is 0 Å². The molecule has 0 spiro atoms. The predicted molar refractivity (Wildman–Crippen MR) is 72.2 cm³/mol. The molecule has 2 rings (SSSR count). The zero-order valence-corrected chi connectivity index (χ0v) is 11.8. The second-order valence-electron chi connectivity index (χ2n) is 5.00. The van der Waals surface area contributed by atoms with Gasteiger partial charge in [-0.05, 0) is 18.2 Å².